The first-order chi connectivity index (χ1) is 18.3. The Morgan fingerprint density at radius 3 is 1.38 bits per heavy atom. The summed E-state index contributed by atoms with van der Waals surface area (Å²) in [6.07, 6.45) is -4.49. The molecule has 4 rings (SSSR count). The van der Waals surface area contributed by atoms with Crippen molar-refractivity contribution >= 4 is 46.2 Å². The topological polar surface area (TPSA) is 105 Å². The molecular formula is C25H14Cl3F3N2O6. The van der Waals surface area contributed by atoms with Crippen LogP contribution in [-0.4, -0.2) is 9.85 Å². The predicted molar refractivity (Wildman–Crippen MR) is 139 cm³/mol. The molecule has 0 atom stereocenters. The second-order valence-corrected chi connectivity index (χ2v) is 8.67. The Balaban J connectivity index is 0.000000218. The molecule has 0 amide bonds. The van der Waals surface area contributed by atoms with E-state index in [-0.39, 0.29) is 27.9 Å². The molecule has 0 unspecified atom stereocenters. The van der Waals surface area contributed by atoms with Crippen molar-refractivity contribution in [3.8, 4) is 23.0 Å². The molecule has 4 aromatic carbocycles. The van der Waals surface area contributed by atoms with E-state index in [0.29, 0.717) is 21.5 Å². The zero-order chi connectivity index (χ0) is 28.7. The molecule has 8 nitrogen and oxygen atoms in total. The number of ether oxygens (including phenoxy) is 2. The fourth-order valence-electron chi connectivity index (χ4n) is 2.84. The van der Waals surface area contributed by atoms with Gasteiger partial charge in [-0.25, -0.2) is 0 Å². The van der Waals surface area contributed by atoms with Crippen molar-refractivity contribution in [3.63, 3.8) is 0 Å². The van der Waals surface area contributed by atoms with Crippen molar-refractivity contribution in [2.45, 2.75) is 6.18 Å². The van der Waals surface area contributed by atoms with Crippen molar-refractivity contribution in [1.29, 1.82) is 0 Å². The van der Waals surface area contributed by atoms with Gasteiger partial charge in [0, 0.05) is 29.3 Å². The van der Waals surface area contributed by atoms with Crippen LogP contribution < -0.4 is 9.47 Å². The van der Waals surface area contributed by atoms with Crippen LogP contribution in [0.5, 0.6) is 23.0 Å². The monoisotopic (exact) mass is 600 g/mol. The van der Waals surface area contributed by atoms with Gasteiger partial charge in [0.15, 0.2) is 0 Å². The van der Waals surface area contributed by atoms with Gasteiger partial charge >= 0.3 is 6.18 Å². The normalized spacial score (nSPS) is 10.7. The van der Waals surface area contributed by atoms with E-state index in [2.05, 4.69) is 0 Å². The highest BCUT2D eigenvalue weighted by Gasteiger charge is 2.31. The second-order valence-electron chi connectivity index (χ2n) is 7.42. The van der Waals surface area contributed by atoms with Gasteiger partial charge in [0.05, 0.1) is 25.5 Å². The summed E-state index contributed by atoms with van der Waals surface area (Å²) >= 11 is 17.4. The zero-order valence-electron chi connectivity index (χ0n) is 19.2. The van der Waals surface area contributed by atoms with Crippen molar-refractivity contribution in [3.05, 3.63) is 126 Å². The smallest absolute Gasteiger partial charge is 0.416 e. The fraction of sp³-hybridized carbons (Fsp3) is 0.0400. The van der Waals surface area contributed by atoms with Gasteiger partial charge in [0.25, 0.3) is 11.4 Å². The predicted octanol–water partition coefficient (Wildman–Crippen LogP) is 9.75. The number of nitro benzene ring substituents is 2. The summed E-state index contributed by atoms with van der Waals surface area (Å²) in [5.74, 6) is 1.15. The zero-order valence-corrected chi connectivity index (χ0v) is 21.5. The Morgan fingerprint density at radius 1 is 0.615 bits per heavy atom. The van der Waals surface area contributed by atoms with Gasteiger partial charge in [-0.15, -0.1) is 0 Å². The van der Waals surface area contributed by atoms with E-state index in [1.807, 2.05) is 0 Å². The summed E-state index contributed by atoms with van der Waals surface area (Å²) in [6.45, 7) is 0. The highest BCUT2D eigenvalue weighted by Crippen LogP contribution is 2.36. The number of nitrogens with zero attached hydrogens (tertiary/aromatic N) is 2. The Bertz CT molecular complexity index is 1480. The lowest BCUT2D eigenvalue weighted by molar-refractivity contribution is -0.385. The number of halogens is 6. The van der Waals surface area contributed by atoms with Crippen molar-refractivity contribution in [2.24, 2.45) is 0 Å². The third kappa shape index (κ3) is 8.47. The molecule has 39 heavy (non-hydrogen) atoms. The molecule has 0 N–H and O–H groups in total. The van der Waals surface area contributed by atoms with Gasteiger partial charge in [-0.3, -0.25) is 20.2 Å². The van der Waals surface area contributed by atoms with Crippen LogP contribution in [-0.2, 0) is 6.18 Å². The van der Waals surface area contributed by atoms with Crippen molar-refractivity contribution < 1.29 is 32.5 Å². The van der Waals surface area contributed by atoms with Gasteiger partial charge < -0.3 is 9.47 Å². The molecular weight excluding hydrogens is 588 g/mol. The van der Waals surface area contributed by atoms with Gasteiger partial charge in [-0.05, 0) is 60.7 Å². The number of nitro groups is 2. The van der Waals surface area contributed by atoms with Crippen LogP contribution in [0.1, 0.15) is 5.56 Å². The molecule has 4 aromatic rings. The molecule has 0 aliphatic rings. The quantitative estimate of drug-likeness (QED) is 0.161. The first kappa shape index (κ1) is 29.5. The molecule has 0 aliphatic carbocycles. The maximum atomic E-state index is 12.5. The summed E-state index contributed by atoms with van der Waals surface area (Å²) in [5, 5.41) is 21.7. The first-order valence-corrected chi connectivity index (χ1v) is 11.6. The summed E-state index contributed by atoms with van der Waals surface area (Å²) in [5.41, 5.74) is -1.01. The highest BCUT2D eigenvalue weighted by molar-refractivity contribution is 6.35. The Kier molecular flexibility index (Phi) is 9.57. The van der Waals surface area contributed by atoms with Crippen LogP contribution in [0, 0.1) is 20.2 Å². The molecule has 0 saturated carbocycles. The number of non-ortho nitro benzene ring substituents is 2. The van der Waals surface area contributed by atoms with Crippen LogP contribution in [0.3, 0.4) is 0 Å². The third-order valence-electron chi connectivity index (χ3n) is 4.70. The second kappa shape index (κ2) is 12.7. The van der Waals surface area contributed by atoms with Crippen LogP contribution in [0.25, 0.3) is 0 Å². The van der Waals surface area contributed by atoms with E-state index in [1.54, 1.807) is 18.2 Å². The van der Waals surface area contributed by atoms with E-state index >= 15 is 0 Å². The summed E-state index contributed by atoms with van der Waals surface area (Å²) in [4.78, 5) is 19.9. The number of rotatable bonds is 6. The van der Waals surface area contributed by atoms with Gasteiger partial charge in [0.2, 0.25) is 0 Å². The lowest BCUT2D eigenvalue weighted by atomic mass is 10.2. The first-order valence-electron chi connectivity index (χ1n) is 10.5. The minimum Gasteiger partial charge on any atom is -0.456 e. The van der Waals surface area contributed by atoms with Crippen molar-refractivity contribution in [1.82, 2.24) is 0 Å². The van der Waals surface area contributed by atoms with Gasteiger partial charge in [-0.1, -0.05) is 34.8 Å². The van der Waals surface area contributed by atoms with Crippen LogP contribution >= 0.6 is 34.8 Å². The Hall–Kier alpha value is -4.06. The minimum absolute atomic E-state index is 0.00422. The molecule has 0 spiro atoms. The van der Waals surface area contributed by atoms with Crippen molar-refractivity contribution in [2.75, 3.05) is 0 Å². The highest BCUT2D eigenvalue weighted by atomic mass is 35.5. The number of hydrogen-bond acceptors (Lipinski definition) is 6. The van der Waals surface area contributed by atoms with Crippen LogP contribution in [0.15, 0.2) is 84.9 Å². The molecule has 0 heterocycles. The Morgan fingerprint density at radius 2 is 1.03 bits per heavy atom. The van der Waals surface area contributed by atoms with E-state index in [9.17, 15) is 33.4 Å². The maximum absolute atomic E-state index is 12.5. The summed E-state index contributed by atoms with van der Waals surface area (Å²) in [6, 6.07) is 18.3. The molecule has 0 fully saturated rings. The minimum atomic E-state index is -4.49. The van der Waals surface area contributed by atoms with E-state index in [4.69, 9.17) is 44.3 Å². The molecule has 0 radical (unpaired) electrons. The molecule has 0 aromatic heterocycles. The average molecular weight is 602 g/mol. The standard InChI is InChI=1S/C13H7ClF3NO3.C12H7Cl2NO3/c14-11-7-8(13(15,16)17)1-6-12(11)21-10-4-2-9(3-5-10)18(19)20;13-8-1-6-12(11(14)7-8)18-10-4-2-9(3-5-10)15(16)17/h1-7H;1-7H. The molecule has 0 saturated heterocycles. The van der Waals surface area contributed by atoms with E-state index in [0.717, 1.165) is 18.2 Å². The fourth-order valence-corrected chi connectivity index (χ4v) is 3.51. The molecule has 14 heteroatoms. The largest absolute Gasteiger partial charge is 0.456 e. The SMILES string of the molecule is O=[N+]([O-])c1ccc(Oc2ccc(C(F)(F)F)cc2Cl)cc1.O=[N+]([O-])c1ccc(Oc2ccc(Cl)cc2Cl)cc1. The van der Waals surface area contributed by atoms with Crippen LogP contribution in [0.2, 0.25) is 15.1 Å². The van der Waals surface area contributed by atoms with E-state index < -0.39 is 21.6 Å². The lowest BCUT2D eigenvalue weighted by Gasteiger charge is -2.11. The molecule has 0 aliphatic heterocycles. The molecule has 0 bridgehead atoms. The maximum Gasteiger partial charge on any atom is 0.416 e. The van der Waals surface area contributed by atoms with Gasteiger partial charge in [0.1, 0.15) is 23.0 Å². The third-order valence-corrected chi connectivity index (χ3v) is 5.53. The Labute approximate surface area is 233 Å². The average Bonchev–Trinajstić information content (AvgIpc) is 2.87. The number of hydrogen-bond donors (Lipinski definition) is 0. The lowest BCUT2D eigenvalue weighted by Crippen LogP contribution is -2.04. The van der Waals surface area contributed by atoms with E-state index in [1.165, 1.54) is 48.5 Å². The molecule has 202 valence electrons. The summed E-state index contributed by atoms with van der Waals surface area (Å²) in [7, 11) is 0. The van der Waals surface area contributed by atoms with Gasteiger partial charge in [-0.2, -0.15) is 13.2 Å². The summed E-state index contributed by atoms with van der Waals surface area (Å²) < 4.78 is 48.2. The number of alkyl halides is 3. The van der Waals surface area contributed by atoms with Crippen LogP contribution in [0.4, 0.5) is 24.5 Å². The number of benzene rings is 4.